The first kappa shape index (κ1) is 13.7. The van der Waals surface area contributed by atoms with Gasteiger partial charge in [-0.15, -0.1) is 0 Å². The maximum atomic E-state index is 13.3. The van der Waals surface area contributed by atoms with Crippen LogP contribution in [0.3, 0.4) is 0 Å². The molecule has 104 valence electrons. The van der Waals surface area contributed by atoms with Crippen molar-refractivity contribution in [3.63, 3.8) is 0 Å². The van der Waals surface area contributed by atoms with Crippen molar-refractivity contribution in [2.45, 2.75) is 25.3 Å². The van der Waals surface area contributed by atoms with Crippen LogP contribution in [0.5, 0.6) is 0 Å². The predicted octanol–water partition coefficient (Wildman–Crippen LogP) is 3.82. The van der Waals surface area contributed by atoms with E-state index in [0.29, 0.717) is 5.02 Å². The van der Waals surface area contributed by atoms with Crippen LogP contribution in [0, 0.1) is 11.7 Å². The van der Waals surface area contributed by atoms with Crippen LogP contribution < -0.4 is 10.2 Å². The molecule has 1 N–H and O–H groups in total. The fourth-order valence-electron chi connectivity index (χ4n) is 3.03. The molecule has 2 aliphatic rings. The van der Waals surface area contributed by atoms with E-state index in [-0.39, 0.29) is 11.4 Å². The molecule has 1 saturated carbocycles. The Morgan fingerprint density at radius 3 is 2.84 bits per heavy atom. The van der Waals surface area contributed by atoms with Crippen LogP contribution in [0.1, 0.15) is 19.8 Å². The van der Waals surface area contributed by atoms with Gasteiger partial charge in [-0.1, -0.05) is 11.6 Å². The molecule has 0 radical (unpaired) electrons. The van der Waals surface area contributed by atoms with Gasteiger partial charge in [0.2, 0.25) is 0 Å². The molecule has 0 bridgehead atoms. The molecule has 1 heterocycles. The minimum Gasteiger partial charge on any atom is -0.366 e. The molecule has 2 fully saturated rings. The lowest BCUT2D eigenvalue weighted by Crippen LogP contribution is -2.60. The lowest BCUT2D eigenvalue weighted by Gasteiger charge is -2.43. The zero-order valence-corrected chi connectivity index (χ0v) is 13.2. The Balaban J connectivity index is 1.89. The normalized spacial score (nSPS) is 27.7. The SMILES string of the molecule is CC1(C2CC2)CN(c2c(Cl)cc(F)cc2Br)CCN1. The summed E-state index contributed by atoms with van der Waals surface area (Å²) in [6.07, 6.45) is 2.60. The van der Waals surface area contributed by atoms with Crippen molar-refractivity contribution in [1.82, 2.24) is 5.32 Å². The van der Waals surface area contributed by atoms with Gasteiger partial charge in [0.15, 0.2) is 0 Å². The summed E-state index contributed by atoms with van der Waals surface area (Å²) >= 11 is 9.66. The van der Waals surface area contributed by atoms with E-state index in [4.69, 9.17) is 11.6 Å². The highest BCUT2D eigenvalue weighted by molar-refractivity contribution is 9.10. The molecule has 1 aromatic rings. The molecular weight excluding hydrogens is 331 g/mol. The zero-order valence-electron chi connectivity index (χ0n) is 10.8. The summed E-state index contributed by atoms with van der Waals surface area (Å²) in [5, 5.41) is 4.11. The Morgan fingerprint density at radius 1 is 1.47 bits per heavy atom. The van der Waals surface area contributed by atoms with Gasteiger partial charge >= 0.3 is 0 Å². The third-order valence-corrected chi connectivity index (χ3v) is 5.10. The number of anilines is 1. The minimum absolute atomic E-state index is 0.148. The van der Waals surface area contributed by atoms with E-state index in [2.05, 4.69) is 33.1 Å². The van der Waals surface area contributed by atoms with Crippen LogP contribution >= 0.6 is 27.5 Å². The molecule has 2 nitrogen and oxygen atoms in total. The van der Waals surface area contributed by atoms with Crippen LogP contribution in [0.25, 0.3) is 0 Å². The largest absolute Gasteiger partial charge is 0.366 e. The molecule has 1 aliphatic heterocycles. The maximum absolute atomic E-state index is 13.3. The number of benzene rings is 1. The first-order chi connectivity index (χ1) is 8.99. The van der Waals surface area contributed by atoms with E-state index in [1.165, 1.54) is 25.0 Å². The maximum Gasteiger partial charge on any atom is 0.125 e. The van der Waals surface area contributed by atoms with Crippen molar-refractivity contribution in [2.75, 3.05) is 24.5 Å². The number of hydrogen-bond donors (Lipinski definition) is 1. The summed E-state index contributed by atoms with van der Waals surface area (Å²) in [5.41, 5.74) is 1.06. The highest BCUT2D eigenvalue weighted by Gasteiger charge is 2.44. The van der Waals surface area contributed by atoms with E-state index in [1.807, 2.05) is 0 Å². The molecule has 1 aliphatic carbocycles. The average molecular weight is 348 g/mol. The van der Waals surface area contributed by atoms with E-state index < -0.39 is 0 Å². The molecule has 1 aromatic carbocycles. The van der Waals surface area contributed by atoms with Crippen LogP contribution in [-0.4, -0.2) is 25.2 Å². The molecule has 5 heteroatoms. The topological polar surface area (TPSA) is 15.3 Å². The molecule has 19 heavy (non-hydrogen) atoms. The summed E-state index contributed by atoms with van der Waals surface area (Å²) in [5.74, 6) is 0.453. The number of piperazine rings is 1. The predicted molar refractivity (Wildman–Crippen MR) is 80.5 cm³/mol. The van der Waals surface area contributed by atoms with Gasteiger partial charge in [0.1, 0.15) is 5.82 Å². The monoisotopic (exact) mass is 346 g/mol. The van der Waals surface area contributed by atoms with Gasteiger partial charge < -0.3 is 10.2 Å². The number of rotatable bonds is 2. The fraction of sp³-hybridized carbons (Fsp3) is 0.571. The molecule has 0 aromatic heterocycles. The van der Waals surface area contributed by atoms with Crippen LogP contribution in [0.15, 0.2) is 16.6 Å². The second-order valence-corrected chi connectivity index (χ2v) is 7.02. The lowest BCUT2D eigenvalue weighted by atomic mass is 9.92. The van der Waals surface area contributed by atoms with Crippen molar-refractivity contribution in [1.29, 1.82) is 0 Å². The molecule has 0 spiro atoms. The lowest BCUT2D eigenvalue weighted by molar-refractivity contribution is 0.285. The van der Waals surface area contributed by atoms with Crippen molar-refractivity contribution < 1.29 is 4.39 Å². The van der Waals surface area contributed by atoms with Gasteiger partial charge in [-0.3, -0.25) is 0 Å². The van der Waals surface area contributed by atoms with Gasteiger partial charge in [-0.2, -0.15) is 0 Å². The third-order valence-electron chi connectivity index (χ3n) is 4.21. The second-order valence-electron chi connectivity index (χ2n) is 5.76. The Kier molecular flexibility index (Phi) is 3.52. The van der Waals surface area contributed by atoms with Gasteiger partial charge in [0.25, 0.3) is 0 Å². The van der Waals surface area contributed by atoms with E-state index in [0.717, 1.165) is 35.7 Å². The van der Waals surface area contributed by atoms with E-state index in [1.54, 1.807) is 0 Å². The zero-order chi connectivity index (χ0) is 13.6. The fourth-order valence-corrected chi connectivity index (χ4v) is 4.15. The van der Waals surface area contributed by atoms with Gasteiger partial charge in [0, 0.05) is 29.6 Å². The minimum atomic E-state index is -0.305. The average Bonchev–Trinajstić information content (AvgIpc) is 3.11. The number of nitrogens with zero attached hydrogens (tertiary/aromatic N) is 1. The first-order valence-corrected chi connectivity index (χ1v) is 7.81. The number of hydrogen-bond acceptors (Lipinski definition) is 2. The molecule has 1 atom stereocenters. The van der Waals surface area contributed by atoms with Crippen molar-refractivity contribution >= 4 is 33.2 Å². The summed E-state index contributed by atoms with van der Waals surface area (Å²) in [6, 6.07) is 2.87. The van der Waals surface area contributed by atoms with Gasteiger partial charge in [0.05, 0.1) is 10.7 Å². The summed E-state index contributed by atoms with van der Waals surface area (Å²) in [7, 11) is 0. The molecule has 3 rings (SSSR count). The number of halogens is 3. The second kappa shape index (κ2) is 4.90. The molecule has 0 amide bonds. The first-order valence-electron chi connectivity index (χ1n) is 6.64. The molecule has 1 saturated heterocycles. The Labute approximate surface area is 126 Å². The Hall–Kier alpha value is -0.320. The summed E-state index contributed by atoms with van der Waals surface area (Å²) < 4.78 is 14.1. The highest BCUT2D eigenvalue weighted by Crippen LogP contribution is 2.43. The summed E-state index contributed by atoms with van der Waals surface area (Å²) in [6.45, 7) is 5.03. The van der Waals surface area contributed by atoms with Crippen LogP contribution in [0.2, 0.25) is 5.02 Å². The molecular formula is C14H17BrClFN2. The number of nitrogens with one attached hydrogen (secondary N) is 1. The van der Waals surface area contributed by atoms with E-state index >= 15 is 0 Å². The quantitative estimate of drug-likeness (QED) is 0.875. The van der Waals surface area contributed by atoms with Crippen LogP contribution in [0.4, 0.5) is 10.1 Å². The standard InChI is InChI=1S/C14H17BrClFN2/c1-14(9-2-3-9)8-19(5-4-18-14)13-11(15)6-10(17)7-12(13)16/h6-7,9,18H,2-5,8H2,1H3. The van der Waals surface area contributed by atoms with Crippen molar-refractivity contribution in [2.24, 2.45) is 5.92 Å². The van der Waals surface area contributed by atoms with Crippen molar-refractivity contribution in [3.05, 3.63) is 27.4 Å². The molecule has 1 unspecified atom stereocenters. The van der Waals surface area contributed by atoms with Gasteiger partial charge in [-0.25, -0.2) is 4.39 Å². The third kappa shape index (κ3) is 2.63. The van der Waals surface area contributed by atoms with Gasteiger partial charge in [-0.05, 0) is 53.7 Å². The van der Waals surface area contributed by atoms with E-state index in [9.17, 15) is 4.39 Å². The highest BCUT2D eigenvalue weighted by atomic mass is 79.9. The summed E-state index contributed by atoms with van der Waals surface area (Å²) in [4.78, 5) is 2.26. The van der Waals surface area contributed by atoms with Crippen LogP contribution in [-0.2, 0) is 0 Å². The Bertz CT molecular complexity index is 483. The smallest absolute Gasteiger partial charge is 0.125 e. The Morgan fingerprint density at radius 2 is 2.21 bits per heavy atom. The van der Waals surface area contributed by atoms with Crippen molar-refractivity contribution in [3.8, 4) is 0 Å².